The monoisotopic (exact) mass is 401 g/mol. The average molecular weight is 401 g/mol. The summed E-state index contributed by atoms with van der Waals surface area (Å²) in [6.45, 7) is 1.39. The van der Waals surface area contributed by atoms with Gasteiger partial charge in [0.25, 0.3) is 11.6 Å². The highest BCUT2D eigenvalue weighted by Crippen LogP contribution is 2.32. The maximum absolute atomic E-state index is 12.3. The molecule has 0 unspecified atom stereocenters. The van der Waals surface area contributed by atoms with E-state index < -0.39 is 22.9 Å². The number of anilines is 2. The van der Waals surface area contributed by atoms with Gasteiger partial charge in [-0.05, 0) is 31.2 Å². The third-order valence-corrected chi connectivity index (χ3v) is 4.90. The quantitative estimate of drug-likeness (QED) is 0.448. The molecule has 0 radical (unpaired) electrons. The van der Waals surface area contributed by atoms with Gasteiger partial charge in [-0.25, -0.2) is 4.79 Å². The number of esters is 1. The fourth-order valence-corrected chi connectivity index (χ4v) is 3.22. The van der Waals surface area contributed by atoms with Crippen LogP contribution >= 0.6 is 11.8 Å². The number of thioether (sulfide) groups is 1. The van der Waals surface area contributed by atoms with Gasteiger partial charge in [0.2, 0.25) is 5.91 Å². The van der Waals surface area contributed by atoms with Crippen LogP contribution in [0.2, 0.25) is 0 Å². The molecular weight excluding hydrogens is 386 g/mol. The van der Waals surface area contributed by atoms with Crippen molar-refractivity contribution in [1.29, 1.82) is 0 Å². The highest BCUT2D eigenvalue weighted by atomic mass is 32.2. The lowest BCUT2D eigenvalue weighted by Gasteiger charge is -2.17. The van der Waals surface area contributed by atoms with Gasteiger partial charge in [0, 0.05) is 22.7 Å². The molecule has 2 aromatic carbocycles. The van der Waals surface area contributed by atoms with E-state index in [1.807, 2.05) is 0 Å². The van der Waals surface area contributed by atoms with Gasteiger partial charge in [-0.2, -0.15) is 0 Å². The first kappa shape index (κ1) is 19.4. The summed E-state index contributed by atoms with van der Waals surface area (Å²) in [6.07, 6.45) is -1.13. The predicted octanol–water partition coefficient (Wildman–Crippen LogP) is 2.82. The molecule has 9 nitrogen and oxygen atoms in total. The molecular formula is C18H15N3O6S. The Kier molecular flexibility index (Phi) is 5.59. The number of nitro benzene ring substituents is 1. The molecule has 1 aliphatic rings. The summed E-state index contributed by atoms with van der Waals surface area (Å²) in [5.74, 6) is -1.20. The van der Waals surface area contributed by atoms with Crippen LogP contribution < -0.4 is 10.6 Å². The number of hydrogen-bond acceptors (Lipinski definition) is 7. The molecule has 10 heteroatoms. The van der Waals surface area contributed by atoms with Crippen molar-refractivity contribution in [2.75, 3.05) is 16.4 Å². The Morgan fingerprint density at radius 1 is 1.29 bits per heavy atom. The van der Waals surface area contributed by atoms with E-state index in [4.69, 9.17) is 4.74 Å². The lowest BCUT2D eigenvalue weighted by molar-refractivity contribution is -0.384. The number of nitro groups is 1. The van der Waals surface area contributed by atoms with Crippen molar-refractivity contribution in [2.45, 2.75) is 17.9 Å². The number of carbonyl (C=O) groups excluding carboxylic acids is 3. The van der Waals surface area contributed by atoms with Crippen molar-refractivity contribution in [2.24, 2.45) is 0 Å². The first-order chi connectivity index (χ1) is 13.3. The summed E-state index contributed by atoms with van der Waals surface area (Å²) in [6, 6.07) is 10.2. The molecule has 0 spiro atoms. The van der Waals surface area contributed by atoms with Crippen LogP contribution in [0.3, 0.4) is 0 Å². The molecule has 0 aromatic heterocycles. The lowest BCUT2D eigenvalue weighted by atomic mass is 10.2. The highest BCUT2D eigenvalue weighted by molar-refractivity contribution is 8.00. The van der Waals surface area contributed by atoms with Crippen molar-refractivity contribution < 1.29 is 24.0 Å². The van der Waals surface area contributed by atoms with Gasteiger partial charge < -0.3 is 15.4 Å². The normalized spacial score (nSPS) is 13.7. The van der Waals surface area contributed by atoms with Gasteiger partial charge in [-0.1, -0.05) is 6.07 Å². The van der Waals surface area contributed by atoms with Crippen molar-refractivity contribution in [3.63, 3.8) is 0 Å². The third-order valence-electron chi connectivity index (χ3n) is 3.83. The minimum Gasteiger partial charge on any atom is -0.449 e. The van der Waals surface area contributed by atoms with Gasteiger partial charge in [0.05, 0.1) is 21.9 Å². The van der Waals surface area contributed by atoms with E-state index in [0.29, 0.717) is 11.4 Å². The Balaban J connectivity index is 1.64. The van der Waals surface area contributed by atoms with E-state index in [2.05, 4.69) is 10.6 Å². The number of ether oxygens (including phenoxy) is 1. The molecule has 28 heavy (non-hydrogen) atoms. The van der Waals surface area contributed by atoms with Crippen LogP contribution in [-0.2, 0) is 14.3 Å². The molecule has 3 rings (SSSR count). The maximum Gasteiger partial charge on any atom is 0.338 e. The Morgan fingerprint density at radius 3 is 2.82 bits per heavy atom. The second kappa shape index (κ2) is 8.09. The number of hydrogen-bond donors (Lipinski definition) is 2. The van der Waals surface area contributed by atoms with Gasteiger partial charge >= 0.3 is 5.97 Å². The van der Waals surface area contributed by atoms with E-state index in [-0.39, 0.29) is 22.8 Å². The Morgan fingerprint density at radius 2 is 2.07 bits per heavy atom. The van der Waals surface area contributed by atoms with Crippen LogP contribution in [0.1, 0.15) is 17.3 Å². The zero-order valence-corrected chi connectivity index (χ0v) is 15.4. The molecule has 1 atom stereocenters. The van der Waals surface area contributed by atoms with Gasteiger partial charge in [0.1, 0.15) is 0 Å². The summed E-state index contributed by atoms with van der Waals surface area (Å²) in [5.41, 5.74) is 0.757. The number of nitrogens with one attached hydrogen (secondary N) is 2. The zero-order chi connectivity index (χ0) is 20.3. The van der Waals surface area contributed by atoms with E-state index in [0.717, 1.165) is 4.90 Å². The Labute approximate surface area is 163 Å². The molecule has 0 saturated heterocycles. The van der Waals surface area contributed by atoms with Crippen LogP contribution in [-0.4, -0.2) is 34.6 Å². The molecule has 2 aromatic rings. The first-order valence-electron chi connectivity index (χ1n) is 8.16. The van der Waals surface area contributed by atoms with E-state index in [1.54, 1.807) is 12.1 Å². The lowest BCUT2D eigenvalue weighted by Crippen LogP contribution is -2.30. The molecule has 2 N–H and O–H groups in total. The number of amides is 2. The predicted molar refractivity (Wildman–Crippen MR) is 102 cm³/mol. The second-order valence-corrected chi connectivity index (χ2v) is 6.91. The minimum atomic E-state index is -1.13. The molecule has 0 aliphatic carbocycles. The molecule has 2 amide bonds. The van der Waals surface area contributed by atoms with Crippen molar-refractivity contribution in [1.82, 2.24) is 0 Å². The van der Waals surface area contributed by atoms with Crippen LogP contribution in [0, 0.1) is 10.1 Å². The van der Waals surface area contributed by atoms with Gasteiger partial charge in [-0.3, -0.25) is 19.7 Å². The minimum absolute atomic E-state index is 0.160. The van der Waals surface area contributed by atoms with E-state index >= 15 is 0 Å². The summed E-state index contributed by atoms with van der Waals surface area (Å²) in [7, 11) is 0. The van der Waals surface area contributed by atoms with Crippen molar-refractivity contribution >= 4 is 46.6 Å². The molecule has 1 aliphatic heterocycles. The standard InChI is InChI=1S/C18H15N3O6S/c1-10(17(23)19-12-3-2-4-13(8-12)21(25)26)27-18(24)11-5-6-15-14(7-11)20-16(22)9-28-15/h2-8,10H,9H2,1H3,(H,19,23)(H,20,22)/t10-/m1/s1. The number of fused-ring (bicyclic) bond motifs is 1. The van der Waals surface area contributed by atoms with Crippen LogP contribution in [0.25, 0.3) is 0 Å². The topological polar surface area (TPSA) is 128 Å². The summed E-state index contributed by atoms with van der Waals surface area (Å²) >= 11 is 1.36. The van der Waals surface area contributed by atoms with Gasteiger partial charge in [0.15, 0.2) is 6.10 Å². The third kappa shape index (κ3) is 4.46. The van der Waals surface area contributed by atoms with Crippen molar-refractivity contribution in [3.05, 3.63) is 58.1 Å². The summed E-state index contributed by atoms with van der Waals surface area (Å²) in [5, 5.41) is 15.9. The number of nitrogens with zero attached hydrogens (tertiary/aromatic N) is 1. The zero-order valence-electron chi connectivity index (χ0n) is 14.6. The van der Waals surface area contributed by atoms with Gasteiger partial charge in [-0.15, -0.1) is 11.8 Å². The number of non-ortho nitro benzene ring substituents is 1. The largest absolute Gasteiger partial charge is 0.449 e. The van der Waals surface area contributed by atoms with E-state index in [9.17, 15) is 24.5 Å². The molecule has 0 bridgehead atoms. The molecule has 0 fully saturated rings. The van der Waals surface area contributed by atoms with E-state index in [1.165, 1.54) is 49.0 Å². The molecule has 0 saturated carbocycles. The Bertz CT molecular complexity index is 978. The summed E-state index contributed by atoms with van der Waals surface area (Å²) < 4.78 is 5.16. The fourth-order valence-electron chi connectivity index (χ4n) is 2.43. The highest BCUT2D eigenvalue weighted by Gasteiger charge is 2.22. The van der Waals surface area contributed by atoms with Crippen LogP contribution in [0.5, 0.6) is 0 Å². The van der Waals surface area contributed by atoms with Crippen molar-refractivity contribution in [3.8, 4) is 0 Å². The Hall–Kier alpha value is -3.40. The van der Waals surface area contributed by atoms with Crippen LogP contribution in [0.15, 0.2) is 47.4 Å². The average Bonchev–Trinajstić information content (AvgIpc) is 2.67. The summed E-state index contributed by atoms with van der Waals surface area (Å²) in [4.78, 5) is 47.1. The van der Waals surface area contributed by atoms with Crippen LogP contribution in [0.4, 0.5) is 17.1 Å². The number of benzene rings is 2. The molecule has 1 heterocycles. The smallest absolute Gasteiger partial charge is 0.338 e. The number of rotatable bonds is 5. The maximum atomic E-state index is 12.3. The number of carbonyl (C=O) groups is 3. The first-order valence-corrected chi connectivity index (χ1v) is 9.15. The fraction of sp³-hybridized carbons (Fsp3) is 0.167. The molecule has 144 valence electrons. The second-order valence-electron chi connectivity index (χ2n) is 5.89. The SMILES string of the molecule is C[C@@H](OC(=O)c1ccc2c(c1)NC(=O)CS2)C(=O)Nc1cccc([N+](=O)[O-])c1.